The number of carboxylic acids is 1. The highest BCUT2D eigenvalue weighted by molar-refractivity contribution is 7.80. The molecule has 1 aromatic carbocycles. The standard InChI is InChI=1S/C23H23N3O3S/c1-14(2)13-26-21(20(25-23(26)30)17-5-3-4-12-24-17)19-11-10-18(29-19)15-6-8-16(9-7-15)22(27)28/h3-12,14,20-21H,13H2,1-2H3,(H,25,30)(H,27,28)/t20-,21+/m0/s1. The van der Waals surface area contributed by atoms with Gasteiger partial charge < -0.3 is 19.7 Å². The fourth-order valence-electron chi connectivity index (χ4n) is 3.75. The summed E-state index contributed by atoms with van der Waals surface area (Å²) in [5.41, 5.74) is 1.97. The van der Waals surface area contributed by atoms with Crippen molar-refractivity contribution in [2.45, 2.75) is 25.9 Å². The van der Waals surface area contributed by atoms with Crippen LogP contribution in [0.3, 0.4) is 0 Å². The lowest BCUT2D eigenvalue weighted by Crippen LogP contribution is -2.32. The van der Waals surface area contributed by atoms with Gasteiger partial charge in [-0.3, -0.25) is 4.98 Å². The van der Waals surface area contributed by atoms with Gasteiger partial charge in [0.1, 0.15) is 17.6 Å². The first-order valence-corrected chi connectivity index (χ1v) is 10.3. The van der Waals surface area contributed by atoms with Gasteiger partial charge in [0.2, 0.25) is 0 Å². The zero-order valence-corrected chi connectivity index (χ0v) is 17.6. The SMILES string of the molecule is CC(C)CN1C(=S)N[C@@H](c2ccccn2)[C@H]1c1ccc(-c2ccc(C(=O)O)cc2)o1. The number of rotatable bonds is 6. The number of furan rings is 1. The molecular formula is C23H23N3O3S. The lowest BCUT2D eigenvalue weighted by molar-refractivity contribution is 0.0697. The number of aromatic nitrogens is 1. The van der Waals surface area contributed by atoms with Crippen LogP contribution in [-0.4, -0.2) is 32.6 Å². The first-order chi connectivity index (χ1) is 14.4. The minimum absolute atomic E-state index is 0.120. The maximum Gasteiger partial charge on any atom is 0.335 e. The Morgan fingerprint density at radius 2 is 1.97 bits per heavy atom. The number of nitrogens with zero attached hydrogens (tertiary/aromatic N) is 2. The molecule has 30 heavy (non-hydrogen) atoms. The van der Waals surface area contributed by atoms with Crippen LogP contribution >= 0.6 is 12.2 Å². The van der Waals surface area contributed by atoms with Crippen LogP contribution in [0.4, 0.5) is 0 Å². The number of hydrogen-bond donors (Lipinski definition) is 2. The van der Waals surface area contributed by atoms with Crippen molar-refractivity contribution < 1.29 is 14.3 Å². The van der Waals surface area contributed by atoms with Crippen molar-refractivity contribution in [1.82, 2.24) is 15.2 Å². The van der Waals surface area contributed by atoms with Gasteiger partial charge in [0.15, 0.2) is 5.11 Å². The second kappa shape index (κ2) is 8.28. The average molecular weight is 422 g/mol. The number of benzene rings is 1. The van der Waals surface area contributed by atoms with E-state index in [1.165, 1.54) is 0 Å². The van der Waals surface area contributed by atoms with Crippen LogP contribution in [0, 0.1) is 5.92 Å². The largest absolute Gasteiger partial charge is 0.478 e. The molecule has 3 aromatic rings. The van der Waals surface area contributed by atoms with Gasteiger partial charge in [0, 0.05) is 18.3 Å². The van der Waals surface area contributed by atoms with Crippen LogP contribution in [0.25, 0.3) is 11.3 Å². The lowest BCUT2D eigenvalue weighted by Gasteiger charge is -2.27. The van der Waals surface area contributed by atoms with E-state index in [0.717, 1.165) is 23.6 Å². The average Bonchev–Trinajstić information content (AvgIpc) is 3.33. The maximum absolute atomic E-state index is 11.1. The second-order valence-electron chi connectivity index (χ2n) is 7.76. The van der Waals surface area contributed by atoms with E-state index in [0.29, 0.717) is 16.8 Å². The van der Waals surface area contributed by atoms with Crippen LogP contribution in [0.5, 0.6) is 0 Å². The molecule has 0 amide bonds. The summed E-state index contributed by atoms with van der Waals surface area (Å²) in [4.78, 5) is 17.8. The Kier molecular flexibility index (Phi) is 5.55. The first kappa shape index (κ1) is 20.1. The van der Waals surface area contributed by atoms with Crippen LogP contribution in [0.15, 0.2) is 65.2 Å². The molecule has 1 aliphatic rings. The molecule has 1 aliphatic heterocycles. The van der Waals surface area contributed by atoms with E-state index in [1.807, 2.05) is 30.3 Å². The molecule has 0 saturated carbocycles. The molecule has 0 radical (unpaired) electrons. The highest BCUT2D eigenvalue weighted by atomic mass is 32.1. The molecular weight excluding hydrogens is 398 g/mol. The Morgan fingerprint density at radius 3 is 2.60 bits per heavy atom. The number of hydrogen-bond acceptors (Lipinski definition) is 4. The number of nitrogens with one attached hydrogen (secondary N) is 1. The molecule has 4 rings (SSSR count). The molecule has 2 atom stereocenters. The third-order valence-corrected chi connectivity index (χ3v) is 5.45. The van der Waals surface area contributed by atoms with Crippen molar-refractivity contribution in [3.8, 4) is 11.3 Å². The van der Waals surface area contributed by atoms with Gasteiger partial charge in [-0.15, -0.1) is 0 Å². The van der Waals surface area contributed by atoms with Crippen molar-refractivity contribution in [3.05, 3.63) is 77.8 Å². The van der Waals surface area contributed by atoms with E-state index in [4.69, 9.17) is 21.7 Å². The number of carbonyl (C=O) groups is 1. The molecule has 0 unspecified atom stereocenters. The first-order valence-electron chi connectivity index (χ1n) is 9.85. The molecule has 1 saturated heterocycles. The van der Waals surface area contributed by atoms with E-state index >= 15 is 0 Å². The topological polar surface area (TPSA) is 78.6 Å². The van der Waals surface area contributed by atoms with Crippen LogP contribution in [0.2, 0.25) is 0 Å². The molecule has 2 aromatic heterocycles. The van der Waals surface area contributed by atoms with Gasteiger partial charge in [0.25, 0.3) is 0 Å². The van der Waals surface area contributed by atoms with Gasteiger partial charge in [-0.1, -0.05) is 32.0 Å². The van der Waals surface area contributed by atoms with E-state index < -0.39 is 5.97 Å². The van der Waals surface area contributed by atoms with Crippen molar-refractivity contribution >= 4 is 23.3 Å². The Hall–Kier alpha value is -3.19. The summed E-state index contributed by atoms with van der Waals surface area (Å²) in [5, 5.41) is 13.2. The Labute approximate surface area is 180 Å². The lowest BCUT2D eigenvalue weighted by atomic mass is 10.0. The molecule has 1 fully saturated rings. The molecule has 6 nitrogen and oxygen atoms in total. The number of carboxylic acid groups (broad SMARTS) is 1. The quantitative estimate of drug-likeness (QED) is 0.560. The van der Waals surface area contributed by atoms with Gasteiger partial charge >= 0.3 is 5.97 Å². The van der Waals surface area contributed by atoms with Crippen LogP contribution < -0.4 is 5.32 Å². The maximum atomic E-state index is 11.1. The highest BCUT2D eigenvalue weighted by Gasteiger charge is 2.41. The molecule has 0 aliphatic carbocycles. The summed E-state index contributed by atoms with van der Waals surface area (Å²) in [7, 11) is 0. The Bertz CT molecular complexity index is 1050. The van der Waals surface area contributed by atoms with E-state index in [-0.39, 0.29) is 17.6 Å². The molecule has 154 valence electrons. The molecule has 0 spiro atoms. The van der Waals surface area contributed by atoms with Crippen LogP contribution in [0.1, 0.15) is 47.7 Å². The molecule has 2 N–H and O–H groups in total. The third-order valence-electron chi connectivity index (χ3n) is 5.09. The van der Waals surface area contributed by atoms with E-state index in [9.17, 15) is 4.79 Å². The summed E-state index contributed by atoms with van der Waals surface area (Å²) < 4.78 is 6.25. The van der Waals surface area contributed by atoms with Gasteiger partial charge in [-0.25, -0.2) is 4.79 Å². The fourth-order valence-corrected chi connectivity index (χ4v) is 4.06. The van der Waals surface area contributed by atoms with Crippen molar-refractivity contribution in [2.24, 2.45) is 5.92 Å². The monoisotopic (exact) mass is 421 g/mol. The molecule has 3 heterocycles. The minimum atomic E-state index is -0.949. The second-order valence-corrected chi connectivity index (χ2v) is 8.14. The van der Waals surface area contributed by atoms with E-state index in [1.54, 1.807) is 30.5 Å². The summed E-state index contributed by atoms with van der Waals surface area (Å²) in [6.45, 7) is 5.11. The van der Waals surface area contributed by atoms with Crippen molar-refractivity contribution in [2.75, 3.05) is 6.54 Å². The number of aromatic carboxylic acids is 1. The highest BCUT2D eigenvalue weighted by Crippen LogP contribution is 2.40. The van der Waals surface area contributed by atoms with Gasteiger partial charge in [-0.05, 0) is 54.5 Å². The summed E-state index contributed by atoms with van der Waals surface area (Å²) in [5.74, 6) is 0.947. The van der Waals surface area contributed by atoms with Gasteiger partial charge in [0.05, 0.1) is 17.3 Å². The van der Waals surface area contributed by atoms with Gasteiger partial charge in [-0.2, -0.15) is 0 Å². The van der Waals surface area contributed by atoms with E-state index in [2.05, 4.69) is 29.0 Å². The zero-order chi connectivity index (χ0) is 21.3. The smallest absolute Gasteiger partial charge is 0.335 e. The van der Waals surface area contributed by atoms with Crippen molar-refractivity contribution in [3.63, 3.8) is 0 Å². The minimum Gasteiger partial charge on any atom is -0.478 e. The normalized spacial score (nSPS) is 18.6. The number of thiocarbonyl (C=S) groups is 1. The summed E-state index contributed by atoms with van der Waals surface area (Å²) in [6.07, 6.45) is 1.78. The zero-order valence-electron chi connectivity index (χ0n) is 16.8. The Balaban J connectivity index is 1.69. The fraction of sp³-hybridized carbons (Fsp3) is 0.261. The molecule has 0 bridgehead atoms. The third kappa shape index (κ3) is 3.93. The van der Waals surface area contributed by atoms with Crippen molar-refractivity contribution in [1.29, 1.82) is 0 Å². The summed E-state index contributed by atoms with van der Waals surface area (Å²) in [6, 6.07) is 16.1. The predicted molar refractivity (Wildman–Crippen MR) is 118 cm³/mol. The molecule has 7 heteroatoms. The Morgan fingerprint density at radius 1 is 1.20 bits per heavy atom. The van der Waals surface area contributed by atoms with Crippen LogP contribution in [-0.2, 0) is 0 Å². The summed E-state index contributed by atoms with van der Waals surface area (Å²) >= 11 is 5.64. The number of pyridine rings is 1. The predicted octanol–water partition coefficient (Wildman–Crippen LogP) is 4.67.